The molecule has 2 aliphatic rings. The largest absolute Gasteiger partial charge is 0.379 e. The van der Waals surface area contributed by atoms with Crippen LogP contribution in [0.25, 0.3) is 0 Å². The van der Waals surface area contributed by atoms with Gasteiger partial charge >= 0.3 is 0 Å². The first-order chi connectivity index (χ1) is 12.1. The number of nitrogens with one attached hydrogen (secondary N) is 1. The van der Waals surface area contributed by atoms with Crippen LogP contribution < -0.4 is 5.32 Å². The number of ether oxygens (including phenoxy) is 1. The summed E-state index contributed by atoms with van der Waals surface area (Å²) < 4.78 is 33.6. The van der Waals surface area contributed by atoms with Crippen molar-refractivity contribution < 1.29 is 17.9 Å². The van der Waals surface area contributed by atoms with Crippen LogP contribution in [-0.4, -0.2) is 80.4 Å². The maximum absolute atomic E-state index is 12.7. The number of thioether (sulfide) groups is 1. The van der Waals surface area contributed by atoms with E-state index < -0.39 is 10.2 Å². The highest BCUT2D eigenvalue weighted by atomic mass is 32.2. The van der Waals surface area contributed by atoms with Gasteiger partial charge in [-0.3, -0.25) is 4.79 Å². The van der Waals surface area contributed by atoms with Gasteiger partial charge in [-0.2, -0.15) is 28.8 Å². The van der Waals surface area contributed by atoms with Crippen LogP contribution >= 0.6 is 11.8 Å². The topological polar surface area (TPSA) is 79.0 Å². The second-order valence-electron chi connectivity index (χ2n) is 6.47. The Morgan fingerprint density at radius 2 is 1.96 bits per heavy atom. The third-order valence-electron chi connectivity index (χ3n) is 4.49. The zero-order valence-electron chi connectivity index (χ0n) is 15.1. The summed E-state index contributed by atoms with van der Waals surface area (Å²) in [5.41, 5.74) is 0. The van der Waals surface area contributed by atoms with Gasteiger partial charge in [-0.1, -0.05) is 6.92 Å². The van der Waals surface area contributed by atoms with Gasteiger partial charge in [0.2, 0.25) is 5.91 Å². The normalized spacial score (nSPS) is 23.5. The minimum Gasteiger partial charge on any atom is -0.379 e. The van der Waals surface area contributed by atoms with Crippen molar-refractivity contribution in [2.45, 2.75) is 32.6 Å². The van der Waals surface area contributed by atoms with Crippen molar-refractivity contribution in [2.24, 2.45) is 5.92 Å². The molecule has 0 spiro atoms. The Balaban J connectivity index is 1.78. The molecule has 1 atom stereocenters. The second kappa shape index (κ2) is 10.7. The Bertz CT molecular complexity index is 510. The van der Waals surface area contributed by atoms with Gasteiger partial charge in [-0.15, -0.1) is 0 Å². The maximum Gasteiger partial charge on any atom is 0.282 e. The molecule has 25 heavy (non-hydrogen) atoms. The van der Waals surface area contributed by atoms with Gasteiger partial charge in [0.15, 0.2) is 0 Å². The van der Waals surface area contributed by atoms with E-state index in [-0.39, 0.29) is 18.4 Å². The molecular formula is C16H31N3O4S2. The smallest absolute Gasteiger partial charge is 0.282 e. The first-order valence-electron chi connectivity index (χ1n) is 9.24. The number of hydrogen-bond donors (Lipinski definition) is 1. The van der Waals surface area contributed by atoms with Gasteiger partial charge in [-0.25, -0.2) is 0 Å². The predicted molar refractivity (Wildman–Crippen MR) is 101 cm³/mol. The van der Waals surface area contributed by atoms with Gasteiger partial charge in [0, 0.05) is 32.7 Å². The van der Waals surface area contributed by atoms with E-state index in [1.807, 2.05) is 11.8 Å². The molecule has 0 bridgehead atoms. The second-order valence-corrected chi connectivity index (χ2v) is 9.63. The van der Waals surface area contributed by atoms with Crippen LogP contribution in [0.15, 0.2) is 0 Å². The van der Waals surface area contributed by atoms with E-state index in [2.05, 4.69) is 12.2 Å². The van der Waals surface area contributed by atoms with E-state index in [0.29, 0.717) is 39.4 Å². The first kappa shape index (κ1) is 21.0. The number of carbonyl (C=O) groups is 1. The van der Waals surface area contributed by atoms with Crippen molar-refractivity contribution in [3.05, 3.63) is 0 Å². The molecule has 2 saturated heterocycles. The number of hydrogen-bond acceptors (Lipinski definition) is 5. The Hall–Kier alpha value is -0.350. The SMILES string of the molecule is CCCSCCCNC(=O)[C@H]1CCCN(S(=O)(=O)N2CCOCC2)C1. The predicted octanol–water partition coefficient (Wildman–Crippen LogP) is 0.925. The van der Waals surface area contributed by atoms with Gasteiger partial charge < -0.3 is 10.1 Å². The molecule has 7 nitrogen and oxygen atoms in total. The average molecular weight is 394 g/mol. The highest BCUT2D eigenvalue weighted by molar-refractivity contribution is 7.99. The first-order valence-corrected chi connectivity index (χ1v) is 11.8. The minimum absolute atomic E-state index is 0.0117. The van der Waals surface area contributed by atoms with Gasteiger partial charge in [-0.05, 0) is 37.2 Å². The van der Waals surface area contributed by atoms with Gasteiger partial charge in [0.25, 0.3) is 10.2 Å². The summed E-state index contributed by atoms with van der Waals surface area (Å²) in [6.07, 6.45) is 3.62. The zero-order chi connectivity index (χ0) is 18.1. The molecule has 0 aliphatic carbocycles. The summed E-state index contributed by atoms with van der Waals surface area (Å²) in [6, 6.07) is 0. The van der Waals surface area contributed by atoms with Crippen LogP contribution in [-0.2, 0) is 19.7 Å². The van der Waals surface area contributed by atoms with E-state index in [0.717, 1.165) is 30.8 Å². The minimum atomic E-state index is -3.48. The molecule has 2 heterocycles. The molecule has 0 unspecified atom stereocenters. The highest BCUT2D eigenvalue weighted by Gasteiger charge is 2.36. The zero-order valence-corrected chi connectivity index (χ0v) is 16.7. The Labute approximate surface area is 156 Å². The quantitative estimate of drug-likeness (QED) is 0.590. The van der Waals surface area contributed by atoms with Crippen molar-refractivity contribution in [2.75, 3.05) is 57.4 Å². The fourth-order valence-corrected chi connectivity index (χ4v) is 5.59. The molecule has 1 amide bonds. The van der Waals surface area contributed by atoms with E-state index in [9.17, 15) is 13.2 Å². The number of piperidine rings is 1. The van der Waals surface area contributed by atoms with E-state index in [4.69, 9.17) is 4.74 Å². The number of nitrogens with zero attached hydrogens (tertiary/aromatic N) is 2. The molecule has 9 heteroatoms. The van der Waals surface area contributed by atoms with Gasteiger partial charge in [0.05, 0.1) is 19.1 Å². The van der Waals surface area contributed by atoms with Crippen molar-refractivity contribution in [3.8, 4) is 0 Å². The molecule has 2 rings (SSSR count). The maximum atomic E-state index is 12.7. The lowest BCUT2D eigenvalue weighted by Crippen LogP contribution is -2.53. The number of rotatable bonds is 9. The molecule has 0 radical (unpaired) electrons. The van der Waals surface area contributed by atoms with Crippen LogP contribution in [0.1, 0.15) is 32.6 Å². The summed E-state index contributed by atoms with van der Waals surface area (Å²) in [6.45, 7) is 5.28. The molecule has 2 fully saturated rings. The van der Waals surface area contributed by atoms with Crippen molar-refractivity contribution in [1.29, 1.82) is 0 Å². The summed E-state index contributed by atoms with van der Waals surface area (Å²) >= 11 is 1.91. The fourth-order valence-electron chi connectivity index (χ4n) is 3.08. The number of amides is 1. The van der Waals surface area contributed by atoms with Crippen LogP contribution in [0.5, 0.6) is 0 Å². The summed E-state index contributed by atoms with van der Waals surface area (Å²) in [5, 5.41) is 2.97. The third-order valence-corrected chi connectivity index (χ3v) is 7.77. The summed E-state index contributed by atoms with van der Waals surface area (Å²) in [5.74, 6) is 1.96. The van der Waals surface area contributed by atoms with E-state index >= 15 is 0 Å². The standard InChI is InChI=1S/C16H31N3O4S2/c1-2-12-24-13-4-6-17-16(20)15-5-3-7-19(14-15)25(21,22)18-8-10-23-11-9-18/h15H,2-14H2,1H3,(H,17,20)/t15-/m0/s1. The van der Waals surface area contributed by atoms with Crippen LogP contribution in [0.2, 0.25) is 0 Å². The average Bonchev–Trinajstić information content (AvgIpc) is 2.65. The van der Waals surface area contributed by atoms with Crippen molar-refractivity contribution in [3.63, 3.8) is 0 Å². The summed E-state index contributed by atoms with van der Waals surface area (Å²) in [7, 11) is -3.48. The lowest BCUT2D eigenvalue weighted by molar-refractivity contribution is -0.126. The van der Waals surface area contributed by atoms with E-state index in [1.165, 1.54) is 15.0 Å². The molecule has 0 aromatic carbocycles. The fraction of sp³-hybridized carbons (Fsp3) is 0.938. The van der Waals surface area contributed by atoms with Crippen LogP contribution in [0, 0.1) is 5.92 Å². The van der Waals surface area contributed by atoms with Crippen molar-refractivity contribution >= 4 is 27.9 Å². The third kappa shape index (κ3) is 6.39. The number of carbonyl (C=O) groups excluding carboxylic acids is 1. The van der Waals surface area contributed by atoms with Crippen LogP contribution in [0.3, 0.4) is 0 Å². The van der Waals surface area contributed by atoms with Gasteiger partial charge in [0.1, 0.15) is 0 Å². The Morgan fingerprint density at radius 3 is 2.68 bits per heavy atom. The molecule has 1 N–H and O–H groups in total. The molecule has 146 valence electrons. The van der Waals surface area contributed by atoms with E-state index in [1.54, 1.807) is 0 Å². The Morgan fingerprint density at radius 1 is 1.20 bits per heavy atom. The lowest BCUT2D eigenvalue weighted by atomic mass is 9.99. The number of morpholine rings is 1. The monoisotopic (exact) mass is 393 g/mol. The molecule has 0 aromatic heterocycles. The van der Waals surface area contributed by atoms with Crippen molar-refractivity contribution in [1.82, 2.24) is 13.9 Å². The molecule has 0 aromatic rings. The Kier molecular flexibility index (Phi) is 8.98. The molecular weight excluding hydrogens is 362 g/mol. The lowest BCUT2D eigenvalue weighted by Gasteiger charge is -2.36. The highest BCUT2D eigenvalue weighted by Crippen LogP contribution is 2.22. The summed E-state index contributed by atoms with van der Waals surface area (Å²) in [4.78, 5) is 12.4. The molecule has 2 aliphatic heterocycles. The van der Waals surface area contributed by atoms with Crippen LogP contribution in [0.4, 0.5) is 0 Å². The molecule has 0 saturated carbocycles.